The number of anilines is 1. The number of hydrogen-bond acceptors (Lipinski definition) is 4. The van der Waals surface area contributed by atoms with Gasteiger partial charge in [-0.3, -0.25) is 4.79 Å². The van der Waals surface area contributed by atoms with E-state index in [1.807, 2.05) is 18.2 Å². The molecule has 0 saturated carbocycles. The number of rotatable bonds is 4. The van der Waals surface area contributed by atoms with Crippen molar-refractivity contribution in [2.45, 2.75) is 13.8 Å². The maximum Gasteiger partial charge on any atom is 0.257 e. The van der Waals surface area contributed by atoms with Gasteiger partial charge in [0.05, 0.1) is 17.3 Å². The minimum atomic E-state index is -0.262. The fourth-order valence-corrected chi connectivity index (χ4v) is 2.15. The van der Waals surface area contributed by atoms with Crippen LogP contribution in [0.2, 0.25) is 0 Å². The van der Waals surface area contributed by atoms with Crippen LogP contribution >= 0.6 is 0 Å². The number of pyridine rings is 1. The molecule has 1 aromatic heterocycles. The van der Waals surface area contributed by atoms with E-state index in [1.54, 1.807) is 6.07 Å². The molecule has 5 nitrogen and oxygen atoms in total. The summed E-state index contributed by atoms with van der Waals surface area (Å²) in [7, 11) is 0. The van der Waals surface area contributed by atoms with Gasteiger partial charge >= 0.3 is 0 Å². The van der Waals surface area contributed by atoms with Crippen LogP contribution in [0.25, 0.3) is 10.9 Å². The van der Waals surface area contributed by atoms with Gasteiger partial charge < -0.3 is 15.1 Å². The first-order valence-corrected chi connectivity index (χ1v) is 6.29. The fraction of sp³-hybridized carbons (Fsp3) is 0.286. The first-order valence-electron chi connectivity index (χ1n) is 6.29. The Hall–Kier alpha value is -2.30. The normalized spacial score (nSPS) is 11.3. The minimum Gasteiger partial charge on any atom is -0.411 e. The van der Waals surface area contributed by atoms with Crippen LogP contribution in [0.3, 0.4) is 0 Å². The monoisotopic (exact) mass is 259 g/mol. The molecule has 0 saturated heterocycles. The van der Waals surface area contributed by atoms with E-state index in [1.165, 1.54) is 0 Å². The molecule has 19 heavy (non-hydrogen) atoms. The lowest BCUT2D eigenvalue weighted by Crippen LogP contribution is -2.21. The summed E-state index contributed by atoms with van der Waals surface area (Å²) in [6.45, 7) is 6.03. The van der Waals surface area contributed by atoms with E-state index in [2.05, 4.69) is 28.9 Å². The van der Waals surface area contributed by atoms with Crippen molar-refractivity contribution in [3.63, 3.8) is 0 Å². The Morgan fingerprint density at radius 3 is 2.68 bits per heavy atom. The summed E-state index contributed by atoms with van der Waals surface area (Å²) in [6, 6.07) is 7.64. The van der Waals surface area contributed by atoms with Gasteiger partial charge in [-0.2, -0.15) is 0 Å². The molecule has 100 valence electrons. The average Bonchev–Trinajstić information content (AvgIpc) is 2.41. The number of hydrogen-bond donors (Lipinski definition) is 2. The molecule has 0 aliphatic heterocycles. The van der Waals surface area contributed by atoms with E-state index in [0.29, 0.717) is 5.56 Å². The summed E-state index contributed by atoms with van der Waals surface area (Å²) < 4.78 is 0. The Kier molecular flexibility index (Phi) is 3.85. The van der Waals surface area contributed by atoms with Crippen molar-refractivity contribution in [3.8, 4) is 0 Å². The van der Waals surface area contributed by atoms with E-state index in [0.717, 1.165) is 35.9 Å². The lowest BCUT2D eigenvalue weighted by molar-refractivity contribution is 0.322. The van der Waals surface area contributed by atoms with Crippen LogP contribution in [0.5, 0.6) is 0 Å². The first kappa shape index (κ1) is 13.1. The van der Waals surface area contributed by atoms with Crippen molar-refractivity contribution in [2.75, 3.05) is 18.0 Å². The zero-order chi connectivity index (χ0) is 13.8. The number of aromatic nitrogens is 1. The molecule has 0 amide bonds. The number of nitrogens with one attached hydrogen (secondary N) is 1. The molecule has 2 N–H and O–H groups in total. The summed E-state index contributed by atoms with van der Waals surface area (Å²) in [5.41, 5.74) is 1.94. The van der Waals surface area contributed by atoms with Gasteiger partial charge in [0, 0.05) is 18.8 Å². The Morgan fingerprint density at radius 2 is 2.05 bits per heavy atom. The Morgan fingerprint density at radius 1 is 1.32 bits per heavy atom. The molecule has 0 radical (unpaired) electrons. The molecule has 1 heterocycles. The van der Waals surface area contributed by atoms with Gasteiger partial charge in [0.25, 0.3) is 5.56 Å². The number of oxime groups is 1. The van der Waals surface area contributed by atoms with E-state index in [-0.39, 0.29) is 5.56 Å². The van der Waals surface area contributed by atoms with E-state index in [4.69, 9.17) is 5.21 Å². The van der Waals surface area contributed by atoms with Crippen molar-refractivity contribution in [3.05, 3.63) is 40.2 Å². The minimum absolute atomic E-state index is 0.262. The maximum absolute atomic E-state index is 11.8. The molecular formula is C14H17N3O2. The lowest BCUT2D eigenvalue weighted by atomic mass is 10.1. The summed E-state index contributed by atoms with van der Waals surface area (Å²) in [6.07, 6.45) is 1.14. The van der Waals surface area contributed by atoms with Gasteiger partial charge in [-0.05, 0) is 37.4 Å². The topological polar surface area (TPSA) is 68.7 Å². The molecule has 0 unspecified atom stereocenters. The highest BCUT2D eigenvalue weighted by Crippen LogP contribution is 2.20. The summed E-state index contributed by atoms with van der Waals surface area (Å²) >= 11 is 0. The first-order chi connectivity index (χ1) is 9.19. The standard InChI is InChI=1S/C14H17N3O2/c1-3-17(4-2)12-6-5-10-7-11(9-15-19)14(18)16-13(10)8-12/h5-9,19H,3-4H2,1-2H3,(H,16,18). The molecule has 0 aliphatic rings. The van der Waals surface area contributed by atoms with Crippen molar-refractivity contribution in [1.29, 1.82) is 0 Å². The molecule has 1 aromatic carbocycles. The van der Waals surface area contributed by atoms with Crippen LogP contribution in [0.4, 0.5) is 5.69 Å². The molecule has 2 aromatic rings. The summed E-state index contributed by atoms with van der Waals surface area (Å²) in [5.74, 6) is 0. The third-order valence-electron chi connectivity index (χ3n) is 3.18. The number of nitrogens with zero attached hydrogens (tertiary/aromatic N) is 2. The Labute approximate surface area is 111 Å². The number of benzene rings is 1. The fourth-order valence-electron chi connectivity index (χ4n) is 2.15. The van der Waals surface area contributed by atoms with Gasteiger partial charge in [0.2, 0.25) is 0 Å². The highest BCUT2D eigenvalue weighted by molar-refractivity contribution is 5.89. The Balaban J connectivity index is 2.56. The van der Waals surface area contributed by atoms with Crippen LogP contribution < -0.4 is 10.5 Å². The van der Waals surface area contributed by atoms with Crippen LogP contribution in [0, 0.1) is 0 Å². The Bertz CT molecular complexity index is 657. The number of H-pyrrole nitrogens is 1. The highest BCUT2D eigenvalue weighted by Gasteiger charge is 2.05. The summed E-state index contributed by atoms with van der Waals surface area (Å²) in [5, 5.41) is 12.3. The SMILES string of the molecule is CCN(CC)c1ccc2cc(C=NO)c(=O)[nH]c2c1. The van der Waals surface area contributed by atoms with Crippen LogP contribution in [-0.2, 0) is 0 Å². The third-order valence-corrected chi connectivity index (χ3v) is 3.18. The average molecular weight is 259 g/mol. The molecule has 0 aliphatic carbocycles. The predicted octanol–water partition coefficient (Wildman–Crippen LogP) is 2.18. The second kappa shape index (κ2) is 5.56. The van der Waals surface area contributed by atoms with Crippen molar-refractivity contribution >= 4 is 22.8 Å². The van der Waals surface area contributed by atoms with E-state index in [9.17, 15) is 4.79 Å². The molecular weight excluding hydrogens is 242 g/mol. The molecule has 0 fully saturated rings. The van der Waals surface area contributed by atoms with E-state index >= 15 is 0 Å². The number of fused-ring (bicyclic) bond motifs is 1. The zero-order valence-corrected chi connectivity index (χ0v) is 11.1. The molecule has 0 atom stereocenters. The molecule has 5 heteroatoms. The quantitative estimate of drug-likeness (QED) is 0.502. The van der Waals surface area contributed by atoms with Crippen LogP contribution in [0.15, 0.2) is 34.2 Å². The van der Waals surface area contributed by atoms with Gasteiger partial charge in [0.1, 0.15) is 0 Å². The molecule has 0 bridgehead atoms. The highest BCUT2D eigenvalue weighted by atomic mass is 16.4. The van der Waals surface area contributed by atoms with Gasteiger partial charge in [-0.1, -0.05) is 11.2 Å². The predicted molar refractivity (Wildman–Crippen MR) is 77.5 cm³/mol. The second-order valence-electron chi connectivity index (χ2n) is 4.24. The molecule has 0 spiro atoms. The number of aromatic amines is 1. The van der Waals surface area contributed by atoms with Crippen molar-refractivity contribution < 1.29 is 5.21 Å². The van der Waals surface area contributed by atoms with Gasteiger partial charge in [0.15, 0.2) is 0 Å². The van der Waals surface area contributed by atoms with Crippen LogP contribution in [0.1, 0.15) is 19.4 Å². The zero-order valence-electron chi connectivity index (χ0n) is 11.1. The van der Waals surface area contributed by atoms with Gasteiger partial charge in [-0.15, -0.1) is 0 Å². The van der Waals surface area contributed by atoms with E-state index < -0.39 is 0 Å². The summed E-state index contributed by atoms with van der Waals surface area (Å²) in [4.78, 5) is 16.8. The van der Waals surface area contributed by atoms with Crippen LogP contribution in [-0.4, -0.2) is 29.5 Å². The lowest BCUT2D eigenvalue weighted by Gasteiger charge is -2.21. The van der Waals surface area contributed by atoms with Gasteiger partial charge in [-0.25, -0.2) is 0 Å². The van der Waals surface area contributed by atoms with Crippen molar-refractivity contribution in [1.82, 2.24) is 4.98 Å². The van der Waals surface area contributed by atoms with Crippen molar-refractivity contribution in [2.24, 2.45) is 5.16 Å². The largest absolute Gasteiger partial charge is 0.411 e. The molecule has 2 rings (SSSR count). The maximum atomic E-state index is 11.8. The second-order valence-corrected chi connectivity index (χ2v) is 4.24. The third kappa shape index (κ3) is 2.59. The smallest absolute Gasteiger partial charge is 0.257 e.